The Balaban J connectivity index is 1.93. The van der Waals surface area contributed by atoms with E-state index < -0.39 is 0 Å². The molecule has 124 valence electrons. The Morgan fingerprint density at radius 2 is 1.95 bits per heavy atom. The van der Waals surface area contributed by atoms with E-state index in [0.29, 0.717) is 10.2 Å². The summed E-state index contributed by atoms with van der Waals surface area (Å²) in [5.41, 5.74) is 0.499. The fraction of sp³-hybridized carbons (Fsp3) is 1.00. The average Bonchev–Trinajstić information content (AvgIpc) is 2.75. The summed E-state index contributed by atoms with van der Waals surface area (Å²) >= 11 is 2.13. The Bertz CT molecular complexity index is 332. The van der Waals surface area contributed by atoms with Gasteiger partial charge in [-0.1, -0.05) is 13.8 Å². The van der Waals surface area contributed by atoms with Gasteiger partial charge in [-0.15, -0.1) is 0 Å². The molecule has 0 aromatic heterocycles. The second kappa shape index (κ2) is 6.77. The van der Waals surface area contributed by atoms with Gasteiger partial charge >= 0.3 is 0 Å². The normalized spacial score (nSPS) is 31.3. The van der Waals surface area contributed by atoms with Crippen molar-refractivity contribution in [2.45, 2.75) is 57.7 Å². The summed E-state index contributed by atoms with van der Waals surface area (Å²) in [5.74, 6) is 1.26. The van der Waals surface area contributed by atoms with Gasteiger partial charge in [0.25, 0.3) is 0 Å². The molecule has 1 atom stereocenters. The lowest BCUT2D eigenvalue weighted by atomic mass is 9.85. The lowest BCUT2D eigenvalue weighted by Crippen LogP contribution is -2.49. The Kier molecular flexibility index (Phi) is 5.67. The highest BCUT2D eigenvalue weighted by molar-refractivity contribution is 8.00. The lowest BCUT2D eigenvalue weighted by molar-refractivity contribution is 0.105. The lowest BCUT2D eigenvalue weighted by Gasteiger charge is -2.36. The van der Waals surface area contributed by atoms with Gasteiger partial charge in [-0.05, 0) is 40.2 Å². The van der Waals surface area contributed by atoms with Crippen molar-refractivity contribution in [3.8, 4) is 0 Å². The molecule has 2 aliphatic heterocycles. The van der Waals surface area contributed by atoms with E-state index in [1.807, 2.05) is 0 Å². The first-order valence-corrected chi connectivity index (χ1v) is 9.38. The molecular weight excluding hydrogens is 280 g/mol. The molecule has 1 unspecified atom stereocenters. The highest BCUT2D eigenvalue weighted by Crippen LogP contribution is 2.34. The van der Waals surface area contributed by atoms with Crippen LogP contribution in [0.5, 0.6) is 0 Å². The van der Waals surface area contributed by atoms with E-state index in [2.05, 4.69) is 56.6 Å². The molecule has 0 aliphatic carbocycles. The largest absolute Gasteiger partial charge is 0.381 e. The Hall–Kier alpha value is 0.230. The first-order chi connectivity index (χ1) is 9.70. The first kappa shape index (κ1) is 17.6. The summed E-state index contributed by atoms with van der Waals surface area (Å²) < 4.78 is 6.21. The topological polar surface area (TPSA) is 24.5 Å². The van der Waals surface area contributed by atoms with Crippen LogP contribution in [0.15, 0.2) is 0 Å². The quantitative estimate of drug-likeness (QED) is 0.862. The molecule has 0 radical (unpaired) electrons. The SMILES string of the molecule is CC(C)(C)NCC1(CN2CCSC(C)(C)CC2)CCOC1. The highest BCUT2D eigenvalue weighted by Gasteiger charge is 2.38. The average molecular weight is 315 g/mol. The number of nitrogens with one attached hydrogen (secondary N) is 1. The van der Waals surface area contributed by atoms with Gasteiger partial charge in [-0.25, -0.2) is 0 Å². The van der Waals surface area contributed by atoms with Crippen LogP contribution in [0.25, 0.3) is 0 Å². The molecule has 0 aromatic carbocycles. The number of hydrogen-bond acceptors (Lipinski definition) is 4. The molecule has 21 heavy (non-hydrogen) atoms. The third-order valence-corrected chi connectivity index (χ3v) is 6.04. The standard InChI is InChI=1S/C17H34N2OS/c1-15(2,3)18-12-17(7-10-20-14-17)13-19-8-6-16(4,5)21-11-9-19/h18H,6-14H2,1-5H3. The number of rotatable bonds is 4. The maximum atomic E-state index is 5.77. The Morgan fingerprint density at radius 1 is 1.19 bits per heavy atom. The zero-order chi connectivity index (χ0) is 15.6. The fourth-order valence-electron chi connectivity index (χ4n) is 3.12. The van der Waals surface area contributed by atoms with E-state index >= 15 is 0 Å². The van der Waals surface area contributed by atoms with E-state index in [1.165, 1.54) is 38.2 Å². The Morgan fingerprint density at radius 3 is 2.57 bits per heavy atom. The minimum Gasteiger partial charge on any atom is -0.381 e. The van der Waals surface area contributed by atoms with Crippen LogP contribution in [0.1, 0.15) is 47.5 Å². The molecule has 2 aliphatic rings. The van der Waals surface area contributed by atoms with Gasteiger partial charge in [-0.2, -0.15) is 11.8 Å². The molecule has 1 N–H and O–H groups in total. The zero-order valence-corrected chi connectivity index (χ0v) is 15.4. The van der Waals surface area contributed by atoms with Gasteiger partial charge in [0.05, 0.1) is 6.61 Å². The van der Waals surface area contributed by atoms with Crippen molar-refractivity contribution in [2.75, 3.05) is 45.1 Å². The van der Waals surface area contributed by atoms with Crippen molar-refractivity contribution in [2.24, 2.45) is 5.41 Å². The summed E-state index contributed by atoms with van der Waals surface area (Å²) in [6.07, 6.45) is 2.49. The summed E-state index contributed by atoms with van der Waals surface area (Å²) in [4.78, 5) is 2.68. The third-order valence-electron chi connectivity index (χ3n) is 4.67. The van der Waals surface area contributed by atoms with Crippen LogP contribution in [0.2, 0.25) is 0 Å². The van der Waals surface area contributed by atoms with Crippen molar-refractivity contribution in [1.29, 1.82) is 0 Å². The monoisotopic (exact) mass is 314 g/mol. The minimum atomic E-state index is 0.187. The van der Waals surface area contributed by atoms with E-state index in [4.69, 9.17) is 4.74 Å². The summed E-state index contributed by atoms with van der Waals surface area (Å²) in [7, 11) is 0. The van der Waals surface area contributed by atoms with Crippen molar-refractivity contribution in [3.05, 3.63) is 0 Å². The predicted octanol–water partition coefficient (Wildman–Crippen LogP) is 3.00. The maximum Gasteiger partial charge on any atom is 0.0547 e. The van der Waals surface area contributed by atoms with Crippen molar-refractivity contribution in [1.82, 2.24) is 10.2 Å². The maximum absolute atomic E-state index is 5.77. The van der Waals surface area contributed by atoms with Crippen molar-refractivity contribution in [3.63, 3.8) is 0 Å². The second-order valence-corrected chi connectivity index (χ2v) is 10.3. The van der Waals surface area contributed by atoms with Crippen molar-refractivity contribution >= 4 is 11.8 Å². The van der Waals surface area contributed by atoms with E-state index in [0.717, 1.165) is 19.8 Å². The molecule has 0 aromatic rings. The summed E-state index contributed by atoms with van der Waals surface area (Å²) in [6, 6.07) is 0. The number of nitrogens with zero attached hydrogens (tertiary/aromatic N) is 1. The van der Waals surface area contributed by atoms with Gasteiger partial charge in [-0.3, -0.25) is 0 Å². The molecule has 0 amide bonds. The van der Waals surface area contributed by atoms with E-state index in [9.17, 15) is 0 Å². The van der Waals surface area contributed by atoms with Crippen LogP contribution in [0.4, 0.5) is 0 Å². The molecule has 2 heterocycles. The fourth-order valence-corrected chi connectivity index (χ4v) is 4.25. The second-order valence-electron chi connectivity index (χ2n) is 8.54. The summed E-state index contributed by atoms with van der Waals surface area (Å²) in [5, 5.41) is 3.71. The number of hydrogen-bond donors (Lipinski definition) is 1. The third kappa shape index (κ3) is 5.74. The molecule has 4 heteroatoms. The molecular formula is C17H34N2OS. The van der Waals surface area contributed by atoms with Crippen LogP contribution < -0.4 is 5.32 Å². The van der Waals surface area contributed by atoms with Gasteiger partial charge in [0, 0.05) is 47.7 Å². The van der Waals surface area contributed by atoms with E-state index in [-0.39, 0.29) is 5.54 Å². The van der Waals surface area contributed by atoms with Crippen LogP contribution in [0, 0.1) is 5.41 Å². The smallest absolute Gasteiger partial charge is 0.0547 e. The van der Waals surface area contributed by atoms with Gasteiger partial charge < -0.3 is 15.0 Å². The van der Waals surface area contributed by atoms with Gasteiger partial charge in [0.15, 0.2) is 0 Å². The molecule has 0 bridgehead atoms. The van der Waals surface area contributed by atoms with E-state index in [1.54, 1.807) is 0 Å². The number of ether oxygens (including phenoxy) is 1. The number of thioether (sulfide) groups is 1. The van der Waals surface area contributed by atoms with Crippen molar-refractivity contribution < 1.29 is 4.74 Å². The molecule has 0 spiro atoms. The highest BCUT2D eigenvalue weighted by atomic mass is 32.2. The molecule has 2 rings (SSSR count). The molecule has 2 fully saturated rings. The van der Waals surface area contributed by atoms with Gasteiger partial charge in [0.2, 0.25) is 0 Å². The summed E-state index contributed by atoms with van der Waals surface area (Å²) in [6.45, 7) is 18.1. The molecule has 2 saturated heterocycles. The van der Waals surface area contributed by atoms with Crippen LogP contribution in [-0.4, -0.2) is 60.3 Å². The molecule has 0 saturated carbocycles. The first-order valence-electron chi connectivity index (χ1n) is 8.39. The Labute approximate surface area is 135 Å². The van der Waals surface area contributed by atoms with Gasteiger partial charge in [0.1, 0.15) is 0 Å². The van der Waals surface area contributed by atoms with Crippen LogP contribution in [-0.2, 0) is 4.74 Å². The molecule has 3 nitrogen and oxygen atoms in total. The van der Waals surface area contributed by atoms with Crippen LogP contribution >= 0.6 is 11.8 Å². The van der Waals surface area contributed by atoms with Crippen LogP contribution in [0.3, 0.4) is 0 Å². The zero-order valence-electron chi connectivity index (χ0n) is 14.6. The minimum absolute atomic E-state index is 0.187. The predicted molar refractivity (Wildman–Crippen MR) is 93.2 cm³/mol.